The monoisotopic (exact) mass is 265 g/mol. The van der Waals surface area contributed by atoms with Crippen molar-refractivity contribution in [1.82, 2.24) is 14.6 Å². The fourth-order valence-electron chi connectivity index (χ4n) is 1.64. The van der Waals surface area contributed by atoms with E-state index < -0.39 is 5.97 Å². The number of nitrogens with zero attached hydrogens (tertiary/aromatic N) is 3. The minimum atomic E-state index is -0.717. The van der Waals surface area contributed by atoms with Crippen molar-refractivity contribution in [2.75, 3.05) is 5.75 Å². The van der Waals surface area contributed by atoms with Gasteiger partial charge in [-0.1, -0.05) is 24.2 Å². The van der Waals surface area contributed by atoms with Crippen molar-refractivity contribution in [2.24, 2.45) is 0 Å². The van der Waals surface area contributed by atoms with E-state index in [-0.39, 0.29) is 6.42 Å². The number of hydrogen-bond donors (Lipinski definition) is 1. The summed E-state index contributed by atoms with van der Waals surface area (Å²) < 4.78 is 1.96. The van der Waals surface area contributed by atoms with Crippen molar-refractivity contribution in [3.05, 3.63) is 24.4 Å². The van der Waals surface area contributed by atoms with Crippen LogP contribution in [-0.2, 0) is 4.79 Å². The Kier molecular flexibility index (Phi) is 4.58. The van der Waals surface area contributed by atoms with Crippen LogP contribution in [0.5, 0.6) is 0 Å². The smallest absolute Gasteiger partial charge is 0.303 e. The normalized spacial score (nSPS) is 10.9. The third-order valence-corrected chi connectivity index (χ3v) is 3.58. The lowest BCUT2D eigenvalue weighted by Gasteiger charge is -1.99. The van der Waals surface area contributed by atoms with Crippen molar-refractivity contribution < 1.29 is 9.90 Å². The highest BCUT2D eigenvalue weighted by atomic mass is 32.2. The van der Waals surface area contributed by atoms with Gasteiger partial charge in [-0.05, 0) is 25.0 Å². The zero-order valence-corrected chi connectivity index (χ0v) is 10.8. The average molecular weight is 265 g/mol. The zero-order valence-electron chi connectivity index (χ0n) is 9.95. The van der Waals surface area contributed by atoms with Gasteiger partial charge in [0.2, 0.25) is 0 Å². The van der Waals surface area contributed by atoms with Crippen LogP contribution in [0.15, 0.2) is 29.6 Å². The summed E-state index contributed by atoms with van der Waals surface area (Å²) in [5, 5.41) is 17.6. The van der Waals surface area contributed by atoms with Gasteiger partial charge in [0.1, 0.15) is 0 Å². The Morgan fingerprint density at radius 1 is 1.28 bits per heavy atom. The molecule has 0 aliphatic rings. The first-order valence-corrected chi connectivity index (χ1v) is 6.90. The van der Waals surface area contributed by atoms with E-state index in [4.69, 9.17) is 5.11 Å². The first-order valence-electron chi connectivity index (χ1n) is 5.92. The van der Waals surface area contributed by atoms with Crippen LogP contribution in [-0.4, -0.2) is 31.4 Å². The average Bonchev–Trinajstić information content (AvgIpc) is 2.77. The fraction of sp³-hybridized carbons (Fsp3) is 0.417. The van der Waals surface area contributed by atoms with E-state index in [9.17, 15) is 4.79 Å². The molecule has 0 amide bonds. The van der Waals surface area contributed by atoms with Crippen LogP contribution < -0.4 is 0 Å². The van der Waals surface area contributed by atoms with E-state index >= 15 is 0 Å². The van der Waals surface area contributed by atoms with Crippen molar-refractivity contribution in [1.29, 1.82) is 0 Å². The largest absolute Gasteiger partial charge is 0.481 e. The van der Waals surface area contributed by atoms with Crippen molar-refractivity contribution in [2.45, 2.75) is 30.8 Å². The molecule has 18 heavy (non-hydrogen) atoms. The summed E-state index contributed by atoms with van der Waals surface area (Å²) in [6.07, 6.45) is 4.90. The molecule has 0 unspecified atom stereocenters. The number of unbranched alkanes of at least 4 members (excludes halogenated alkanes) is 2. The molecule has 0 fully saturated rings. The van der Waals surface area contributed by atoms with E-state index in [0.717, 1.165) is 35.8 Å². The number of carbonyl (C=O) groups is 1. The Bertz CT molecular complexity index is 527. The zero-order chi connectivity index (χ0) is 12.8. The third kappa shape index (κ3) is 3.46. The highest BCUT2D eigenvalue weighted by molar-refractivity contribution is 7.99. The molecule has 0 saturated carbocycles. The van der Waals surface area contributed by atoms with Crippen LogP contribution in [0.1, 0.15) is 25.7 Å². The number of aromatic nitrogens is 3. The summed E-state index contributed by atoms with van der Waals surface area (Å²) in [6.45, 7) is 0. The molecule has 6 heteroatoms. The van der Waals surface area contributed by atoms with Gasteiger partial charge in [-0.25, -0.2) is 0 Å². The van der Waals surface area contributed by atoms with Gasteiger partial charge in [0, 0.05) is 18.4 Å². The molecule has 2 rings (SSSR count). The lowest BCUT2D eigenvalue weighted by molar-refractivity contribution is -0.137. The van der Waals surface area contributed by atoms with Crippen LogP contribution in [0.25, 0.3) is 5.65 Å². The Morgan fingerprint density at radius 2 is 2.17 bits per heavy atom. The molecule has 0 aliphatic carbocycles. The van der Waals surface area contributed by atoms with Crippen LogP contribution in [0.2, 0.25) is 0 Å². The summed E-state index contributed by atoms with van der Waals surface area (Å²) in [4.78, 5) is 10.3. The molecule has 0 spiro atoms. The summed E-state index contributed by atoms with van der Waals surface area (Å²) in [6, 6.07) is 5.81. The molecular weight excluding hydrogens is 250 g/mol. The number of aliphatic carboxylic acids is 1. The predicted molar refractivity (Wildman–Crippen MR) is 69.8 cm³/mol. The van der Waals surface area contributed by atoms with Gasteiger partial charge in [-0.2, -0.15) is 0 Å². The Hall–Kier alpha value is -1.56. The van der Waals surface area contributed by atoms with Crippen molar-refractivity contribution in [3.8, 4) is 0 Å². The Morgan fingerprint density at radius 3 is 3.00 bits per heavy atom. The maximum Gasteiger partial charge on any atom is 0.303 e. The maximum absolute atomic E-state index is 10.3. The Balaban J connectivity index is 1.75. The van der Waals surface area contributed by atoms with Gasteiger partial charge in [0.05, 0.1) is 0 Å². The second-order valence-electron chi connectivity index (χ2n) is 3.96. The first-order chi connectivity index (χ1) is 8.77. The number of fused-ring (bicyclic) bond motifs is 1. The van der Waals surface area contributed by atoms with Crippen molar-refractivity contribution >= 4 is 23.4 Å². The molecule has 0 saturated heterocycles. The number of carboxylic acids is 1. The van der Waals surface area contributed by atoms with E-state index in [1.54, 1.807) is 11.8 Å². The molecule has 2 aromatic rings. The lowest BCUT2D eigenvalue weighted by Crippen LogP contribution is -1.94. The van der Waals surface area contributed by atoms with E-state index in [0.29, 0.717) is 0 Å². The van der Waals surface area contributed by atoms with E-state index in [1.807, 2.05) is 28.8 Å². The van der Waals surface area contributed by atoms with Crippen LogP contribution in [0, 0.1) is 0 Å². The second kappa shape index (κ2) is 6.39. The first kappa shape index (κ1) is 12.9. The molecule has 0 aliphatic heterocycles. The molecule has 96 valence electrons. The van der Waals surface area contributed by atoms with Gasteiger partial charge in [-0.15, -0.1) is 10.2 Å². The van der Waals surface area contributed by atoms with Crippen LogP contribution in [0.3, 0.4) is 0 Å². The van der Waals surface area contributed by atoms with Crippen molar-refractivity contribution in [3.63, 3.8) is 0 Å². The predicted octanol–water partition coefficient (Wildman–Crippen LogP) is 2.47. The summed E-state index contributed by atoms with van der Waals surface area (Å²) in [5.74, 6) is 0.223. The van der Waals surface area contributed by atoms with Gasteiger partial charge in [0.25, 0.3) is 0 Å². The molecule has 2 heterocycles. The van der Waals surface area contributed by atoms with Gasteiger partial charge in [-0.3, -0.25) is 9.20 Å². The maximum atomic E-state index is 10.3. The Labute approximate surface area is 109 Å². The molecule has 0 atom stereocenters. The minimum absolute atomic E-state index is 0.262. The van der Waals surface area contributed by atoms with Gasteiger partial charge in [0.15, 0.2) is 10.8 Å². The highest BCUT2D eigenvalue weighted by Crippen LogP contribution is 2.18. The fourth-order valence-corrected chi connectivity index (χ4v) is 2.56. The summed E-state index contributed by atoms with van der Waals surface area (Å²) >= 11 is 1.66. The number of thioether (sulfide) groups is 1. The van der Waals surface area contributed by atoms with E-state index in [2.05, 4.69) is 10.2 Å². The molecule has 0 aromatic carbocycles. The molecule has 1 N–H and O–H groups in total. The number of rotatable bonds is 7. The number of pyridine rings is 1. The molecule has 2 aromatic heterocycles. The standard InChI is InChI=1S/C12H15N3O2S/c16-11(17)7-2-1-5-9-18-12-14-13-10-6-3-4-8-15(10)12/h3-4,6,8H,1-2,5,7,9H2,(H,16,17). The summed E-state index contributed by atoms with van der Waals surface area (Å²) in [7, 11) is 0. The quantitative estimate of drug-likeness (QED) is 0.615. The van der Waals surface area contributed by atoms with Gasteiger partial charge < -0.3 is 5.11 Å². The molecular formula is C12H15N3O2S. The SMILES string of the molecule is O=C(O)CCCCCSc1nnc2ccccn12. The molecule has 0 radical (unpaired) electrons. The number of carboxylic acid groups (broad SMARTS) is 1. The molecule has 5 nitrogen and oxygen atoms in total. The van der Waals surface area contributed by atoms with Crippen LogP contribution in [0.4, 0.5) is 0 Å². The number of hydrogen-bond acceptors (Lipinski definition) is 4. The summed E-state index contributed by atoms with van der Waals surface area (Å²) in [5.41, 5.74) is 0.853. The van der Waals surface area contributed by atoms with Gasteiger partial charge >= 0.3 is 5.97 Å². The topological polar surface area (TPSA) is 67.5 Å². The lowest BCUT2D eigenvalue weighted by atomic mass is 10.2. The second-order valence-corrected chi connectivity index (χ2v) is 5.03. The minimum Gasteiger partial charge on any atom is -0.481 e. The highest BCUT2D eigenvalue weighted by Gasteiger charge is 2.04. The van der Waals surface area contributed by atoms with E-state index in [1.165, 1.54) is 0 Å². The third-order valence-electron chi connectivity index (χ3n) is 2.55. The van der Waals surface area contributed by atoms with Crippen LogP contribution >= 0.6 is 11.8 Å². The molecule has 0 bridgehead atoms.